The Kier molecular flexibility index (Phi) is 7.73. The molecule has 1 fully saturated rings. The molecule has 1 aliphatic rings. The van der Waals surface area contributed by atoms with Crippen molar-refractivity contribution in [3.8, 4) is 0 Å². The van der Waals surface area contributed by atoms with Crippen molar-refractivity contribution in [2.45, 2.75) is 51.7 Å². The molecule has 1 aromatic heterocycles. The van der Waals surface area contributed by atoms with E-state index in [0.29, 0.717) is 24.8 Å². The molecular formula is C19H32N2O2. The number of aromatic nitrogens is 1. The van der Waals surface area contributed by atoms with Crippen LogP contribution in [0.4, 0.5) is 0 Å². The van der Waals surface area contributed by atoms with Crippen LogP contribution in [0.5, 0.6) is 0 Å². The molecule has 4 nitrogen and oxygen atoms in total. The molecule has 1 aliphatic carbocycles. The summed E-state index contributed by atoms with van der Waals surface area (Å²) in [4.78, 5) is 6.35. The van der Waals surface area contributed by atoms with E-state index in [1.807, 2.05) is 32.8 Å². The van der Waals surface area contributed by atoms with Gasteiger partial charge in [-0.1, -0.05) is 38.3 Å². The van der Waals surface area contributed by atoms with Gasteiger partial charge in [-0.25, -0.2) is 4.98 Å². The summed E-state index contributed by atoms with van der Waals surface area (Å²) in [6.07, 6.45) is 9.61. The average Bonchev–Trinajstić information content (AvgIpc) is 2.90. The molecule has 0 amide bonds. The molecule has 2 rings (SSSR count). The van der Waals surface area contributed by atoms with E-state index in [-0.39, 0.29) is 5.92 Å². The standard InChI is InChI=1S/C16H26N2O2.C3H6/c1-5-12(2)16(19,9-13-7-6-8-13)15-17-10-14(20-15)11-18(3)4;1-3-2/h5,10,12-13,19H,1,6-9,11H2,2-4H3;3H,1H2,2H3. The number of rotatable bonds is 7. The van der Waals surface area contributed by atoms with Crippen LogP contribution in [0.25, 0.3) is 0 Å². The van der Waals surface area contributed by atoms with Crippen molar-refractivity contribution in [2.75, 3.05) is 14.1 Å². The van der Waals surface area contributed by atoms with Crippen molar-refractivity contribution in [2.24, 2.45) is 11.8 Å². The van der Waals surface area contributed by atoms with Crippen molar-refractivity contribution in [1.29, 1.82) is 0 Å². The lowest BCUT2D eigenvalue weighted by Crippen LogP contribution is -2.36. The van der Waals surface area contributed by atoms with Gasteiger partial charge >= 0.3 is 0 Å². The minimum Gasteiger partial charge on any atom is -0.441 e. The van der Waals surface area contributed by atoms with Gasteiger partial charge in [0.2, 0.25) is 5.89 Å². The number of aliphatic hydroxyl groups is 1. The van der Waals surface area contributed by atoms with Gasteiger partial charge in [0.05, 0.1) is 12.7 Å². The van der Waals surface area contributed by atoms with E-state index in [2.05, 4.69) is 18.1 Å². The third kappa shape index (κ3) is 5.33. The first kappa shape index (κ1) is 19.7. The maximum absolute atomic E-state index is 11.1. The Morgan fingerprint density at radius 2 is 2.09 bits per heavy atom. The van der Waals surface area contributed by atoms with E-state index >= 15 is 0 Å². The Balaban J connectivity index is 0.000000816. The summed E-state index contributed by atoms with van der Waals surface area (Å²) in [5, 5.41) is 11.1. The zero-order valence-electron chi connectivity index (χ0n) is 15.1. The van der Waals surface area contributed by atoms with E-state index in [0.717, 1.165) is 5.76 Å². The second-order valence-electron chi connectivity index (χ2n) is 6.73. The highest BCUT2D eigenvalue weighted by molar-refractivity contribution is 5.08. The van der Waals surface area contributed by atoms with E-state index < -0.39 is 5.60 Å². The fourth-order valence-electron chi connectivity index (χ4n) is 2.69. The highest BCUT2D eigenvalue weighted by atomic mass is 16.4. The Bertz CT molecular complexity index is 491. The molecule has 4 heteroatoms. The normalized spacial score (nSPS) is 18.3. The number of hydrogen-bond donors (Lipinski definition) is 1. The lowest BCUT2D eigenvalue weighted by Gasteiger charge is -2.36. The van der Waals surface area contributed by atoms with Crippen molar-refractivity contribution >= 4 is 0 Å². The second-order valence-corrected chi connectivity index (χ2v) is 6.73. The molecule has 0 aliphatic heterocycles. The number of allylic oxidation sites excluding steroid dienone is 1. The van der Waals surface area contributed by atoms with Gasteiger partial charge in [0.1, 0.15) is 11.4 Å². The van der Waals surface area contributed by atoms with Crippen LogP contribution in [0.1, 0.15) is 51.2 Å². The SMILES string of the molecule is C=CC.C=CC(C)C(O)(CC1CCC1)c1ncc(CN(C)C)o1. The summed E-state index contributed by atoms with van der Waals surface area (Å²) in [5.41, 5.74) is -1.03. The van der Waals surface area contributed by atoms with Crippen LogP contribution in [0.15, 0.2) is 35.9 Å². The molecule has 1 N–H and O–H groups in total. The predicted octanol–water partition coefficient (Wildman–Crippen LogP) is 4.13. The van der Waals surface area contributed by atoms with Crippen LogP contribution in [-0.2, 0) is 12.1 Å². The lowest BCUT2D eigenvalue weighted by molar-refractivity contribution is -0.0549. The molecule has 1 saturated carbocycles. The highest BCUT2D eigenvalue weighted by Crippen LogP contribution is 2.42. The van der Waals surface area contributed by atoms with Gasteiger partial charge in [-0.2, -0.15) is 0 Å². The maximum atomic E-state index is 11.1. The lowest BCUT2D eigenvalue weighted by atomic mass is 9.73. The van der Waals surface area contributed by atoms with Crippen molar-refractivity contribution in [1.82, 2.24) is 9.88 Å². The second kappa shape index (κ2) is 9.04. The van der Waals surface area contributed by atoms with Crippen LogP contribution in [0.2, 0.25) is 0 Å². The van der Waals surface area contributed by atoms with Crippen LogP contribution >= 0.6 is 0 Å². The molecule has 0 spiro atoms. The van der Waals surface area contributed by atoms with Crippen LogP contribution in [0.3, 0.4) is 0 Å². The van der Waals surface area contributed by atoms with Crippen LogP contribution < -0.4 is 0 Å². The van der Waals surface area contributed by atoms with E-state index in [9.17, 15) is 5.11 Å². The molecule has 0 saturated heterocycles. The first-order chi connectivity index (χ1) is 10.9. The Labute approximate surface area is 140 Å². The van der Waals surface area contributed by atoms with Crippen LogP contribution in [-0.4, -0.2) is 29.1 Å². The van der Waals surface area contributed by atoms with E-state index in [1.54, 1.807) is 18.3 Å². The zero-order chi connectivity index (χ0) is 17.5. The summed E-state index contributed by atoms with van der Waals surface area (Å²) >= 11 is 0. The van der Waals surface area contributed by atoms with Gasteiger partial charge in [-0.05, 0) is 33.4 Å². The Morgan fingerprint density at radius 1 is 1.48 bits per heavy atom. The topological polar surface area (TPSA) is 49.5 Å². The van der Waals surface area contributed by atoms with Gasteiger partial charge in [0, 0.05) is 5.92 Å². The molecule has 0 bridgehead atoms. The summed E-state index contributed by atoms with van der Waals surface area (Å²) in [6.45, 7) is 11.7. The summed E-state index contributed by atoms with van der Waals surface area (Å²) < 4.78 is 5.80. The summed E-state index contributed by atoms with van der Waals surface area (Å²) in [5.74, 6) is 1.72. The van der Waals surface area contributed by atoms with Crippen LogP contribution in [0, 0.1) is 11.8 Å². The number of nitrogens with zero attached hydrogens (tertiary/aromatic N) is 2. The third-order valence-electron chi connectivity index (χ3n) is 4.33. The quantitative estimate of drug-likeness (QED) is 0.768. The predicted molar refractivity (Wildman–Crippen MR) is 95.0 cm³/mol. The molecular weight excluding hydrogens is 288 g/mol. The minimum absolute atomic E-state index is 0.0750. The van der Waals surface area contributed by atoms with Gasteiger partial charge in [0.15, 0.2) is 0 Å². The Hall–Kier alpha value is -1.39. The van der Waals surface area contributed by atoms with Gasteiger partial charge in [0.25, 0.3) is 0 Å². The largest absolute Gasteiger partial charge is 0.441 e. The molecule has 130 valence electrons. The minimum atomic E-state index is -1.03. The van der Waals surface area contributed by atoms with Crippen molar-refractivity contribution in [3.05, 3.63) is 43.2 Å². The molecule has 2 atom stereocenters. The monoisotopic (exact) mass is 320 g/mol. The molecule has 0 aromatic carbocycles. The van der Waals surface area contributed by atoms with E-state index in [4.69, 9.17) is 4.42 Å². The zero-order valence-corrected chi connectivity index (χ0v) is 15.1. The van der Waals surface area contributed by atoms with E-state index in [1.165, 1.54) is 19.3 Å². The van der Waals surface area contributed by atoms with Gasteiger partial charge in [-0.15, -0.1) is 13.2 Å². The van der Waals surface area contributed by atoms with Gasteiger partial charge in [-0.3, -0.25) is 0 Å². The smallest absolute Gasteiger partial charge is 0.227 e. The van der Waals surface area contributed by atoms with Gasteiger partial charge < -0.3 is 14.4 Å². The fraction of sp³-hybridized carbons (Fsp3) is 0.632. The summed E-state index contributed by atoms with van der Waals surface area (Å²) in [7, 11) is 3.96. The maximum Gasteiger partial charge on any atom is 0.227 e. The fourth-order valence-corrected chi connectivity index (χ4v) is 2.69. The summed E-state index contributed by atoms with van der Waals surface area (Å²) in [6, 6.07) is 0. The number of oxazole rings is 1. The molecule has 1 heterocycles. The third-order valence-corrected chi connectivity index (χ3v) is 4.33. The van der Waals surface area contributed by atoms with Crippen molar-refractivity contribution in [3.63, 3.8) is 0 Å². The Morgan fingerprint density at radius 3 is 2.52 bits per heavy atom. The first-order valence-corrected chi connectivity index (χ1v) is 8.39. The number of hydrogen-bond acceptors (Lipinski definition) is 4. The van der Waals surface area contributed by atoms with Crippen molar-refractivity contribution < 1.29 is 9.52 Å². The average molecular weight is 320 g/mol. The molecule has 1 aromatic rings. The molecule has 2 unspecified atom stereocenters. The highest BCUT2D eigenvalue weighted by Gasteiger charge is 2.42. The molecule has 23 heavy (non-hydrogen) atoms. The first-order valence-electron chi connectivity index (χ1n) is 8.39. The molecule has 0 radical (unpaired) electrons.